The van der Waals surface area contributed by atoms with Crippen LogP contribution in [0, 0.1) is 0 Å². The normalized spacial score (nSPS) is 9.20. The van der Waals surface area contributed by atoms with Crippen molar-refractivity contribution in [1.29, 1.82) is 0 Å². The Hall–Kier alpha value is -1.34. The van der Waals surface area contributed by atoms with E-state index in [1.54, 1.807) is 6.92 Å². The van der Waals surface area contributed by atoms with Gasteiger partial charge in [0.15, 0.2) is 0 Å². The summed E-state index contributed by atoms with van der Waals surface area (Å²) in [6, 6.07) is 16.7. The summed E-state index contributed by atoms with van der Waals surface area (Å²) in [7, 11) is 0. The van der Waals surface area contributed by atoms with Gasteiger partial charge in [0, 0.05) is 6.42 Å². The van der Waals surface area contributed by atoms with E-state index in [0.29, 0.717) is 6.42 Å². The van der Waals surface area contributed by atoms with Crippen molar-refractivity contribution in [3.8, 4) is 0 Å². The first-order chi connectivity index (χ1) is 7.24. The van der Waals surface area contributed by atoms with E-state index in [1.165, 1.54) is 10.8 Å². The molecule has 1 nitrogen and oxygen atoms in total. The van der Waals surface area contributed by atoms with E-state index in [9.17, 15) is 4.79 Å². The summed E-state index contributed by atoms with van der Waals surface area (Å²) in [6.07, 6.45) is 0.432. The van der Waals surface area contributed by atoms with Gasteiger partial charge in [0.05, 0.1) is 0 Å². The second-order valence-electron chi connectivity index (χ2n) is 3.06. The monoisotopic (exact) mass is 220 g/mol. The molecular formula is C13H13ClO. The Morgan fingerprint density at radius 2 is 1.27 bits per heavy atom. The maximum absolute atomic E-state index is 9.58. The average Bonchev–Trinajstić information content (AvgIpc) is 2.30. The first-order valence-electron chi connectivity index (χ1n) is 4.86. The maximum Gasteiger partial charge on any atom is 0.221 e. The van der Waals surface area contributed by atoms with Gasteiger partial charge in [-0.1, -0.05) is 55.5 Å². The summed E-state index contributed by atoms with van der Waals surface area (Å²) in [5, 5.41) is 2.35. The molecule has 0 N–H and O–H groups in total. The van der Waals surface area contributed by atoms with Crippen LogP contribution in [0.2, 0.25) is 0 Å². The van der Waals surface area contributed by atoms with Gasteiger partial charge in [-0.2, -0.15) is 0 Å². The van der Waals surface area contributed by atoms with Crippen molar-refractivity contribution in [2.45, 2.75) is 13.3 Å². The molecule has 78 valence electrons. The summed E-state index contributed by atoms with van der Waals surface area (Å²) in [4.78, 5) is 9.58. The lowest BCUT2D eigenvalue weighted by Gasteiger charge is -1.92. The molecule has 2 rings (SSSR count). The van der Waals surface area contributed by atoms with Crippen LogP contribution in [0.25, 0.3) is 10.8 Å². The molecule has 0 fully saturated rings. The van der Waals surface area contributed by atoms with Gasteiger partial charge >= 0.3 is 0 Å². The number of halogens is 1. The lowest BCUT2D eigenvalue weighted by molar-refractivity contribution is -0.111. The summed E-state index contributed by atoms with van der Waals surface area (Å²) >= 11 is 4.82. The van der Waals surface area contributed by atoms with Crippen LogP contribution in [0.15, 0.2) is 48.5 Å². The zero-order valence-electron chi connectivity index (χ0n) is 8.61. The van der Waals surface area contributed by atoms with Crippen molar-refractivity contribution in [2.75, 3.05) is 0 Å². The predicted molar refractivity (Wildman–Crippen MR) is 65.1 cm³/mol. The molecule has 0 saturated carbocycles. The molecule has 0 unspecified atom stereocenters. The first kappa shape index (κ1) is 11.7. The number of carbonyl (C=O) groups is 1. The van der Waals surface area contributed by atoms with E-state index < -0.39 is 0 Å². The van der Waals surface area contributed by atoms with Gasteiger partial charge < -0.3 is 0 Å². The molecule has 0 aliphatic rings. The van der Waals surface area contributed by atoms with E-state index in [4.69, 9.17) is 11.6 Å². The minimum absolute atomic E-state index is 0.273. The van der Waals surface area contributed by atoms with Gasteiger partial charge in [-0.3, -0.25) is 4.79 Å². The molecule has 0 bridgehead atoms. The molecular weight excluding hydrogens is 208 g/mol. The summed E-state index contributed by atoms with van der Waals surface area (Å²) in [5.41, 5.74) is 0. The Balaban J connectivity index is 0.000000195. The summed E-state index contributed by atoms with van der Waals surface area (Å²) in [5.74, 6) is 0. The Bertz CT molecular complexity index is 372. The Morgan fingerprint density at radius 3 is 1.47 bits per heavy atom. The van der Waals surface area contributed by atoms with Crippen LogP contribution in [-0.4, -0.2) is 5.24 Å². The van der Waals surface area contributed by atoms with E-state index in [0.717, 1.165) is 0 Å². The zero-order valence-corrected chi connectivity index (χ0v) is 9.37. The molecule has 0 atom stereocenters. The molecule has 15 heavy (non-hydrogen) atoms. The minimum atomic E-state index is -0.273. The maximum atomic E-state index is 9.58. The fraction of sp³-hybridized carbons (Fsp3) is 0.154. The molecule has 0 radical (unpaired) electrons. The Kier molecular flexibility index (Phi) is 4.85. The predicted octanol–water partition coefficient (Wildman–Crippen LogP) is 4.00. The van der Waals surface area contributed by atoms with Crippen LogP contribution in [0.1, 0.15) is 13.3 Å². The number of hydrogen-bond donors (Lipinski definition) is 0. The summed E-state index contributed by atoms with van der Waals surface area (Å²) in [6.45, 7) is 1.72. The van der Waals surface area contributed by atoms with Crippen molar-refractivity contribution < 1.29 is 4.79 Å². The second kappa shape index (κ2) is 6.20. The topological polar surface area (TPSA) is 17.1 Å². The molecule has 2 heteroatoms. The molecule has 0 aliphatic heterocycles. The highest BCUT2D eigenvalue weighted by molar-refractivity contribution is 6.63. The molecule has 0 aliphatic carbocycles. The highest BCUT2D eigenvalue weighted by Gasteiger charge is 1.85. The zero-order chi connectivity index (χ0) is 11.1. The lowest BCUT2D eigenvalue weighted by Crippen LogP contribution is -1.74. The number of rotatable bonds is 1. The summed E-state index contributed by atoms with van der Waals surface area (Å²) < 4.78 is 0. The highest BCUT2D eigenvalue weighted by Crippen LogP contribution is 2.11. The van der Waals surface area contributed by atoms with Gasteiger partial charge in [-0.25, -0.2) is 0 Å². The molecule has 0 spiro atoms. The van der Waals surface area contributed by atoms with E-state index >= 15 is 0 Å². The van der Waals surface area contributed by atoms with Crippen LogP contribution < -0.4 is 0 Å². The van der Waals surface area contributed by atoms with Crippen LogP contribution in [-0.2, 0) is 4.79 Å². The average molecular weight is 221 g/mol. The van der Waals surface area contributed by atoms with Gasteiger partial charge in [0.2, 0.25) is 5.24 Å². The van der Waals surface area contributed by atoms with Gasteiger partial charge in [-0.15, -0.1) is 0 Å². The third kappa shape index (κ3) is 4.13. The number of benzene rings is 2. The van der Waals surface area contributed by atoms with Crippen LogP contribution in [0.3, 0.4) is 0 Å². The fourth-order valence-corrected chi connectivity index (χ4v) is 1.13. The standard InChI is InChI=1S/C10H8.C3H5ClO/c1-2-6-10-8-4-3-7-9(10)5-1;1-2-3(4)5/h1-8H;2H2,1H3. The number of hydrogen-bond acceptors (Lipinski definition) is 1. The highest BCUT2D eigenvalue weighted by atomic mass is 35.5. The van der Waals surface area contributed by atoms with Crippen LogP contribution >= 0.6 is 11.6 Å². The van der Waals surface area contributed by atoms with Crippen LogP contribution in [0.5, 0.6) is 0 Å². The van der Waals surface area contributed by atoms with E-state index in [2.05, 4.69) is 48.5 Å². The molecule has 0 heterocycles. The lowest BCUT2D eigenvalue weighted by atomic mass is 10.1. The third-order valence-corrected chi connectivity index (χ3v) is 2.20. The van der Waals surface area contributed by atoms with Crippen molar-refractivity contribution in [1.82, 2.24) is 0 Å². The van der Waals surface area contributed by atoms with Crippen molar-refractivity contribution in [3.05, 3.63) is 48.5 Å². The number of fused-ring (bicyclic) bond motifs is 1. The smallest absolute Gasteiger partial charge is 0.221 e. The molecule has 2 aromatic carbocycles. The van der Waals surface area contributed by atoms with Crippen LogP contribution in [0.4, 0.5) is 0 Å². The molecule has 0 amide bonds. The van der Waals surface area contributed by atoms with Crippen molar-refractivity contribution in [3.63, 3.8) is 0 Å². The molecule has 0 aromatic heterocycles. The van der Waals surface area contributed by atoms with Crippen molar-refractivity contribution >= 4 is 27.6 Å². The fourth-order valence-electron chi connectivity index (χ4n) is 1.13. The second-order valence-corrected chi connectivity index (χ2v) is 3.48. The minimum Gasteiger partial charge on any atom is -0.281 e. The largest absolute Gasteiger partial charge is 0.281 e. The van der Waals surface area contributed by atoms with Crippen molar-refractivity contribution in [2.24, 2.45) is 0 Å². The van der Waals surface area contributed by atoms with Gasteiger partial charge in [0.1, 0.15) is 0 Å². The quantitative estimate of drug-likeness (QED) is 0.664. The SMILES string of the molecule is CCC(=O)Cl.c1ccc2ccccc2c1. The molecule has 2 aromatic rings. The Labute approximate surface area is 94.7 Å². The van der Waals surface area contributed by atoms with E-state index in [1.807, 2.05) is 0 Å². The van der Waals surface area contributed by atoms with E-state index in [-0.39, 0.29) is 5.24 Å². The number of carbonyl (C=O) groups excluding carboxylic acids is 1. The van der Waals surface area contributed by atoms with Gasteiger partial charge in [-0.05, 0) is 22.4 Å². The third-order valence-electron chi connectivity index (χ3n) is 1.94. The van der Waals surface area contributed by atoms with Gasteiger partial charge in [0.25, 0.3) is 0 Å². The Morgan fingerprint density at radius 1 is 1.00 bits per heavy atom. The first-order valence-corrected chi connectivity index (χ1v) is 5.24. The molecule has 0 saturated heterocycles.